The third kappa shape index (κ3) is 4.06. The van der Waals surface area contributed by atoms with Crippen LogP contribution in [0.3, 0.4) is 0 Å². The van der Waals surface area contributed by atoms with E-state index in [4.69, 9.17) is 9.47 Å². The maximum absolute atomic E-state index is 13.7. The molecule has 1 amide bonds. The molecule has 4 rings (SSSR count). The average molecular weight is 444 g/mol. The van der Waals surface area contributed by atoms with Gasteiger partial charge in [0.2, 0.25) is 0 Å². The molecule has 7 nitrogen and oxygen atoms in total. The molecule has 0 saturated heterocycles. The van der Waals surface area contributed by atoms with Crippen LogP contribution < -0.4 is 10.1 Å². The summed E-state index contributed by atoms with van der Waals surface area (Å²) in [5, 5.41) is 15.1. The van der Waals surface area contributed by atoms with Crippen molar-refractivity contribution in [3.8, 4) is 5.75 Å². The lowest BCUT2D eigenvalue weighted by atomic mass is 9.85. The van der Waals surface area contributed by atoms with Gasteiger partial charge < -0.3 is 24.9 Å². The van der Waals surface area contributed by atoms with Gasteiger partial charge in [-0.1, -0.05) is 60.7 Å². The fraction of sp³-hybridized carbons (Fsp3) is 0.154. The van der Waals surface area contributed by atoms with Gasteiger partial charge in [-0.25, -0.2) is 4.79 Å². The Hall–Kier alpha value is -4.10. The monoisotopic (exact) mass is 444 g/mol. The summed E-state index contributed by atoms with van der Waals surface area (Å²) in [6.45, 7) is 1.87. The summed E-state index contributed by atoms with van der Waals surface area (Å²) in [6, 6.07) is 22.5. The smallest absolute Gasteiger partial charge is 0.356 e. The first-order valence-corrected chi connectivity index (χ1v) is 10.5. The first-order valence-electron chi connectivity index (χ1n) is 10.5. The van der Waals surface area contributed by atoms with Crippen LogP contribution in [0.2, 0.25) is 0 Å². The summed E-state index contributed by atoms with van der Waals surface area (Å²) in [4.78, 5) is 29.4. The highest BCUT2D eigenvalue weighted by Crippen LogP contribution is 2.35. The third-order valence-corrected chi connectivity index (χ3v) is 5.44. The van der Waals surface area contributed by atoms with Crippen LogP contribution in [0.4, 0.5) is 5.69 Å². The van der Waals surface area contributed by atoms with Crippen molar-refractivity contribution >= 4 is 28.5 Å². The van der Waals surface area contributed by atoms with E-state index in [1.54, 1.807) is 85.8 Å². The van der Waals surface area contributed by atoms with E-state index in [-0.39, 0.29) is 18.0 Å². The van der Waals surface area contributed by atoms with Gasteiger partial charge in [0.25, 0.3) is 5.91 Å². The van der Waals surface area contributed by atoms with Crippen LogP contribution in [0.1, 0.15) is 28.5 Å². The second kappa shape index (κ2) is 9.18. The second-order valence-corrected chi connectivity index (χ2v) is 7.40. The van der Waals surface area contributed by atoms with Crippen molar-refractivity contribution < 1.29 is 24.2 Å². The molecule has 3 aromatic carbocycles. The largest absolute Gasteiger partial charge is 0.497 e. The predicted molar refractivity (Wildman–Crippen MR) is 125 cm³/mol. The van der Waals surface area contributed by atoms with Gasteiger partial charge in [0.15, 0.2) is 5.60 Å². The quantitative estimate of drug-likeness (QED) is 0.371. The van der Waals surface area contributed by atoms with Crippen molar-refractivity contribution in [2.45, 2.75) is 12.5 Å². The van der Waals surface area contributed by atoms with Crippen molar-refractivity contribution in [2.75, 3.05) is 19.0 Å². The molecule has 0 bridgehead atoms. The van der Waals surface area contributed by atoms with Crippen LogP contribution in [0.15, 0.2) is 78.9 Å². The van der Waals surface area contributed by atoms with Crippen LogP contribution in [0, 0.1) is 0 Å². The van der Waals surface area contributed by atoms with Crippen LogP contribution in [0.25, 0.3) is 10.9 Å². The van der Waals surface area contributed by atoms with Crippen molar-refractivity contribution in [1.82, 2.24) is 4.98 Å². The summed E-state index contributed by atoms with van der Waals surface area (Å²) in [6.07, 6.45) is 0. The number of rotatable bonds is 7. The van der Waals surface area contributed by atoms with Gasteiger partial charge in [-0.2, -0.15) is 0 Å². The highest BCUT2D eigenvalue weighted by molar-refractivity contribution is 6.13. The number of H-pyrrole nitrogens is 1. The van der Waals surface area contributed by atoms with E-state index in [9.17, 15) is 14.7 Å². The molecule has 0 aliphatic heterocycles. The molecule has 0 atom stereocenters. The molecule has 0 spiro atoms. The summed E-state index contributed by atoms with van der Waals surface area (Å²) in [5.41, 5.74) is -0.323. The Labute approximate surface area is 191 Å². The number of benzene rings is 3. The molecular weight excluding hydrogens is 420 g/mol. The molecule has 0 radical (unpaired) electrons. The number of hydrogen-bond acceptors (Lipinski definition) is 5. The molecule has 0 unspecified atom stereocenters. The number of anilines is 1. The van der Waals surface area contributed by atoms with Gasteiger partial charge in [0.1, 0.15) is 11.4 Å². The summed E-state index contributed by atoms with van der Waals surface area (Å²) >= 11 is 0. The van der Waals surface area contributed by atoms with Crippen molar-refractivity contribution in [3.05, 3.63) is 95.7 Å². The Morgan fingerprint density at radius 3 is 2.12 bits per heavy atom. The lowest BCUT2D eigenvalue weighted by Crippen LogP contribution is -2.41. The average Bonchev–Trinajstić information content (AvgIpc) is 3.22. The lowest BCUT2D eigenvalue weighted by Gasteiger charge is -2.28. The van der Waals surface area contributed by atoms with E-state index in [0.717, 1.165) is 0 Å². The van der Waals surface area contributed by atoms with E-state index in [1.807, 2.05) is 0 Å². The number of aromatic nitrogens is 1. The molecule has 0 fully saturated rings. The minimum Gasteiger partial charge on any atom is -0.497 e. The topological polar surface area (TPSA) is 101 Å². The Kier molecular flexibility index (Phi) is 6.15. The van der Waals surface area contributed by atoms with Gasteiger partial charge in [-0.3, -0.25) is 4.79 Å². The summed E-state index contributed by atoms with van der Waals surface area (Å²) in [7, 11) is 1.53. The number of amides is 1. The third-order valence-electron chi connectivity index (χ3n) is 5.44. The first-order chi connectivity index (χ1) is 16.0. The number of carbonyl (C=O) groups excluding carboxylic acids is 2. The van der Waals surface area contributed by atoms with Gasteiger partial charge in [-0.15, -0.1) is 0 Å². The molecular formula is C26H24N2O5. The second-order valence-electron chi connectivity index (χ2n) is 7.40. The van der Waals surface area contributed by atoms with E-state index in [1.165, 1.54) is 7.11 Å². The minimum absolute atomic E-state index is 0.0805. The number of esters is 1. The predicted octanol–water partition coefficient (Wildman–Crippen LogP) is 4.23. The fourth-order valence-corrected chi connectivity index (χ4v) is 3.78. The van der Waals surface area contributed by atoms with E-state index in [0.29, 0.717) is 27.8 Å². The van der Waals surface area contributed by atoms with E-state index < -0.39 is 17.5 Å². The number of nitrogens with one attached hydrogen (secondary N) is 2. The maximum Gasteiger partial charge on any atom is 0.356 e. The number of aliphatic hydroxyl groups is 1. The number of aromatic amines is 1. The highest BCUT2D eigenvalue weighted by Gasteiger charge is 2.40. The summed E-state index contributed by atoms with van der Waals surface area (Å²) in [5.74, 6) is -0.783. The minimum atomic E-state index is -2.00. The SMILES string of the molecule is CCOC(=O)c1[nH]c2ccc(OC)cc2c1NC(=O)C(O)(c1ccccc1)c1ccccc1. The standard InChI is InChI=1S/C26H24N2O5/c1-3-33-24(29)23-22(20-16-19(32-2)14-15-21(20)27-23)28-25(30)26(31,17-10-6-4-7-11-17)18-12-8-5-9-13-18/h4-16,27,31H,3H2,1-2H3,(H,28,30). The number of methoxy groups -OCH3 is 1. The van der Waals surface area contributed by atoms with E-state index in [2.05, 4.69) is 10.3 Å². The summed E-state index contributed by atoms with van der Waals surface area (Å²) < 4.78 is 10.5. The molecule has 0 aliphatic rings. The molecule has 3 N–H and O–H groups in total. The molecule has 1 aromatic heterocycles. The molecule has 1 heterocycles. The van der Waals surface area contributed by atoms with Crippen molar-refractivity contribution in [3.63, 3.8) is 0 Å². The number of carbonyl (C=O) groups is 2. The zero-order chi connectivity index (χ0) is 23.4. The van der Waals surface area contributed by atoms with Crippen LogP contribution in [-0.4, -0.2) is 35.7 Å². The van der Waals surface area contributed by atoms with E-state index >= 15 is 0 Å². The molecule has 7 heteroatoms. The Balaban J connectivity index is 1.85. The number of ether oxygens (including phenoxy) is 2. The van der Waals surface area contributed by atoms with Gasteiger partial charge in [0.05, 0.1) is 19.4 Å². The molecule has 33 heavy (non-hydrogen) atoms. The first kappa shape index (κ1) is 22.1. The van der Waals surface area contributed by atoms with Gasteiger partial charge >= 0.3 is 5.97 Å². The highest BCUT2D eigenvalue weighted by atomic mass is 16.5. The van der Waals surface area contributed by atoms with Crippen LogP contribution in [0.5, 0.6) is 5.75 Å². The fourth-order valence-electron chi connectivity index (χ4n) is 3.78. The van der Waals surface area contributed by atoms with Gasteiger partial charge in [-0.05, 0) is 36.2 Å². The Morgan fingerprint density at radius 1 is 0.970 bits per heavy atom. The molecule has 0 saturated carbocycles. The normalized spacial score (nSPS) is 11.2. The van der Waals surface area contributed by atoms with Crippen LogP contribution in [-0.2, 0) is 15.1 Å². The van der Waals surface area contributed by atoms with Crippen molar-refractivity contribution in [1.29, 1.82) is 0 Å². The van der Waals surface area contributed by atoms with Crippen LogP contribution >= 0.6 is 0 Å². The Morgan fingerprint density at radius 2 is 1.58 bits per heavy atom. The lowest BCUT2D eigenvalue weighted by molar-refractivity contribution is -0.131. The maximum atomic E-state index is 13.7. The van der Waals surface area contributed by atoms with Crippen molar-refractivity contribution in [2.24, 2.45) is 0 Å². The zero-order valence-electron chi connectivity index (χ0n) is 18.3. The molecule has 168 valence electrons. The molecule has 0 aliphatic carbocycles. The molecule has 4 aromatic rings. The zero-order valence-corrected chi connectivity index (χ0v) is 18.3. The van der Waals surface area contributed by atoms with Gasteiger partial charge in [0, 0.05) is 10.9 Å². The number of hydrogen-bond donors (Lipinski definition) is 3. The number of fused-ring (bicyclic) bond motifs is 1. The Bertz CT molecular complexity index is 1240.